The molecule has 0 aromatic carbocycles. The molecule has 0 bridgehead atoms. The quantitative estimate of drug-likeness (QED) is 0.571. The summed E-state index contributed by atoms with van der Waals surface area (Å²) in [6.45, 7) is 0. The van der Waals surface area contributed by atoms with Crippen LogP contribution in [0.5, 0.6) is 5.88 Å². The molecule has 2 aliphatic rings. The number of rotatable bonds is 6. The van der Waals surface area contributed by atoms with E-state index >= 15 is 0 Å². The largest absolute Gasteiger partial charge is 0.474 e. The fraction of sp³-hybridized carbons (Fsp3) is 0.500. The molecule has 3 aromatic rings. The zero-order valence-electron chi connectivity index (χ0n) is 18.9. The number of hydrogen-bond acceptors (Lipinski definition) is 7. The monoisotopic (exact) mass is 469 g/mol. The van der Waals surface area contributed by atoms with E-state index in [4.69, 9.17) is 4.74 Å². The Hall–Kier alpha value is -2.65. The van der Waals surface area contributed by atoms with Gasteiger partial charge in [-0.3, -0.25) is 4.79 Å². The van der Waals surface area contributed by atoms with Gasteiger partial charge < -0.3 is 15.0 Å². The maximum absolute atomic E-state index is 13.1. The third-order valence-corrected chi connectivity index (χ3v) is 7.95. The molecule has 0 radical (unpaired) electrons. The number of amides is 1. The molecule has 33 heavy (non-hydrogen) atoms. The molecule has 2 aliphatic carbocycles. The molecule has 0 aliphatic heterocycles. The van der Waals surface area contributed by atoms with Crippen LogP contribution in [0.4, 0.5) is 10.2 Å². The molecule has 3 aromatic heterocycles. The number of hydrogen-bond donors (Lipinski definition) is 1. The first kappa shape index (κ1) is 22.2. The predicted octanol–water partition coefficient (Wildman–Crippen LogP) is 4.54. The van der Waals surface area contributed by atoms with Crippen LogP contribution in [0.1, 0.15) is 54.9 Å². The lowest BCUT2D eigenvalue weighted by atomic mass is 9.92. The summed E-state index contributed by atoms with van der Waals surface area (Å²) in [4.78, 5) is 30.1. The maximum atomic E-state index is 13.1. The van der Waals surface area contributed by atoms with Gasteiger partial charge in [0, 0.05) is 17.3 Å². The van der Waals surface area contributed by atoms with Crippen LogP contribution in [0.15, 0.2) is 24.7 Å². The second-order valence-electron chi connectivity index (χ2n) is 9.16. The van der Waals surface area contributed by atoms with Crippen LogP contribution in [0.3, 0.4) is 0 Å². The van der Waals surface area contributed by atoms with Crippen LogP contribution < -0.4 is 10.1 Å². The van der Waals surface area contributed by atoms with Crippen LogP contribution in [-0.2, 0) is 11.2 Å². The van der Waals surface area contributed by atoms with Crippen molar-refractivity contribution < 1.29 is 13.9 Å². The molecule has 1 fully saturated rings. The van der Waals surface area contributed by atoms with Gasteiger partial charge in [-0.2, -0.15) is 0 Å². The normalized spacial score (nSPS) is 22.5. The van der Waals surface area contributed by atoms with Crippen molar-refractivity contribution in [3.05, 3.63) is 40.9 Å². The molecule has 1 saturated carbocycles. The van der Waals surface area contributed by atoms with Crippen LogP contribution >= 0.6 is 11.3 Å². The Bertz CT molecular complexity index is 1140. The number of carbonyl (C=O) groups is 1. The summed E-state index contributed by atoms with van der Waals surface area (Å²) in [5.41, 5.74) is 1.16. The fourth-order valence-corrected chi connectivity index (χ4v) is 6.27. The molecular weight excluding hydrogens is 441 g/mol. The van der Waals surface area contributed by atoms with Gasteiger partial charge >= 0.3 is 0 Å². The summed E-state index contributed by atoms with van der Waals surface area (Å²) in [5, 5.41) is 3.76. The third-order valence-electron chi connectivity index (χ3n) is 6.77. The van der Waals surface area contributed by atoms with Gasteiger partial charge in [0.2, 0.25) is 11.8 Å². The number of nitrogens with one attached hydrogen (secondary N) is 1. The van der Waals surface area contributed by atoms with Crippen molar-refractivity contribution in [2.45, 2.75) is 63.0 Å². The van der Waals surface area contributed by atoms with Gasteiger partial charge in [0.15, 0.2) is 0 Å². The number of ether oxygens (including phenoxy) is 1. The number of nitrogens with zero attached hydrogens (tertiary/aromatic N) is 4. The molecule has 1 atom stereocenters. The summed E-state index contributed by atoms with van der Waals surface area (Å²) in [6, 6.07) is 3.37. The topological polar surface area (TPSA) is 80.2 Å². The lowest BCUT2D eigenvalue weighted by Crippen LogP contribution is -2.35. The second-order valence-corrected chi connectivity index (χ2v) is 10.2. The third kappa shape index (κ3) is 4.70. The van der Waals surface area contributed by atoms with Gasteiger partial charge in [-0.25, -0.2) is 19.3 Å². The van der Waals surface area contributed by atoms with Gasteiger partial charge in [-0.1, -0.05) is 0 Å². The van der Waals surface area contributed by atoms with Crippen LogP contribution in [0, 0.1) is 5.82 Å². The van der Waals surface area contributed by atoms with Crippen molar-refractivity contribution >= 4 is 33.3 Å². The molecule has 1 N–H and O–H groups in total. The van der Waals surface area contributed by atoms with Crippen LogP contribution in [0.2, 0.25) is 0 Å². The molecular formula is C24H28FN5O2S. The van der Waals surface area contributed by atoms with Crippen LogP contribution in [0.25, 0.3) is 10.2 Å². The summed E-state index contributed by atoms with van der Waals surface area (Å²) >= 11 is 1.68. The number of carbonyl (C=O) groups excluding carboxylic acids is 1. The Balaban J connectivity index is 1.33. The Morgan fingerprint density at radius 3 is 2.73 bits per heavy atom. The minimum Gasteiger partial charge on any atom is -0.474 e. The van der Waals surface area contributed by atoms with Gasteiger partial charge in [0.25, 0.3) is 0 Å². The van der Waals surface area contributed by atoms with E-state index in [0.29, 0.717) is 24.2 Å². The highest BCUT2D eigenvalue weighted by molar-refractivity contribution is 7.19. The van der Waals surface area contributed by atoms with Gasteiger partial charge in [-0.05, 0) is 76.2 Å². The summed E-state index contributed by atoms with van der Waals surface area (Å²) in [7, 11) is 4.27. The standard InChI is InChI=1S/C24H28FN5O2S/c1-30(2)16-5-7-17(8-6-16)32-23-22-21-14(3-9-18(21)33-24(22)28-13-27-23)11-20(31)29-19-10-4-15(25)12-26-19/h4,10,12-14,16-17H,3,5-9,11H2,1-2H3,(H,26,29,31)/t14-,16?,17?/m1/s1. The predicted molar refractivity (Wildman–Crippen MR) is 126 cm³/mol. The van der Waals surface area contributed by atoms with Crippen molar-refractivity contribution in [3.8, 4) is 5.88 Å². The Labute approximate surface area is 196 Å². The molecule has 9 heteroatoms. The molecule has 0 spiro atoms. The van der Waals surface area contributed by atoms with Gasteiger partial charge in [0.1, 0.15) is 28.9 Å². The number of halogens is 1. The smallest absolute Gasteiger partial charge is 0.226 e. The average molecular weight is 470 g/mol. The molecule has 7 nitrogen and oxygen atoms in total. The zero-order chi connectivity index (χ0) is 22.9. The number of anilines is 1. The van der Waals surface area contributed by atoms with Crippen molar-refractivity contribution in [3.63, 3.8) is 0 Å². The number of thiophene rings is 1. The number of fused-ring (bicyclic) bond motifs is 3. The number of aromatic nitrogens is 3. The van der Waals surface area contributed by atoms with E-state index in [1.807, 2.05) is 0 Å². The summed E-state index contributed by atoms with van der Waals surface area (Å²) in [5.74, 6) is 0.523. The van der Waals surface area contributed by atoms with Crippen molar-refractivity contribution in [1.29, 1.82) is 0 Å². The van der Waals surface area contributed by atoms with Crippen LogP contribution in [-0.4, -0.2) is 52.0 Å². The molecule has 5 rings (SSSR count). The number of aryl methyl sites for hydroxylation is 1. The molecule has 1 amide bonds. The van der Waals surface area contributed by atoms with E-state index in [-0.39, 0.29) is 17.9 Å². The Kier molecular flexibility index (Phi) is 6.25. The maximum Gasteiger partial charge on any atom is 0.226 e. The highest BCUT2D eigenvalue weighted by Gasteiger charge is 2.32. The SMILES string of the molecule is CN(C)C1CCC(Oc2ncnc3sc4c(c23)[C@@H](CC(=O)Nc2ccc(F)cn2)CC4)CC1. The molecule has 3 heterocycles. The minimum absolute atomic E-state index is 0.0759. The van der Waals surface area contributed by atoms with E-state index in [1.54, 1.807) is 17.7 Å². The number of pyridine rings is 1. The van der Waals surface area contributed by atoms with E-state index in [1.165, 1.54) is 17.0 Å². The van der Waals surface area contributed by atoms with E-state index in [2.05, 4.69) is 39.3 Å². The highest BCUT2D eigenvalue weighted by Crippen LogP contribution is 2.47. The first-order valence-corrected chi connectivity index (χ1v) is 12.3. The van der Waals surface area contributed by atoms with Crippen molar-refractivity contribution in [2.75, 3.05) is 19.4 Å². The first-order valence-electron chi connectivity index (χ1n) is 11.5. The highest BCUT2D eigenvalue weighted by atomic mass is 32.1. The Morgan fingerprint density at radius 2 is 2.00 bits per heavy atom. The summed E-state index contributed by atoms with van der Waals surface area (Å²) < 4.78 is 19.5. The van der Waals surface area contributed by atoms with Gasteiger partial charge in [0.05, 0.1) is 11.6 Å². The zero-order valence-corrected chi connectivity index (χ0v) is 19.7. The van der Waals surface area contributed by atoms with Crippen molar-refractivity contribution in [1.82, 2.24) is 19.9 Å². The Morgan fingerprint density at radius 1 is 1.18 bits per heavy atom. The summed E-state index contributed by atoms with van der Waals surface area (Å²) in [6.07, 6.45) is 9.26. The molecule has 0 unspecified atom stereocenters. The molecule has 174 valence electrons. The van der Waals surface area contributed by atoms with Crippen molar-refractivity contribution in [2.24, 2.45) is 0 Å². The molecule has 0 saturated heterocycles. The second kappa shape index (κ2) is 9.30. The van der Waals surface area contributed by atoms with Gasteiger partial charge in [-0.15, -0.1) is 11.3 Å². The fourth-order valence-electron chi connectivity index (χ4n) is 5.04. The van der Waals surface area contributed by atoms with E-state index in [0.717, 1.165) is 60.5 Å². The lowest BCUT2D eigenvalue weighted by Gasteiger charge is -2.32. The average Bonchev–Trinajstić information content (AvgIpc) is 3.36. The van der Waals surface area contributed by atoms with E-state index < -0.39 is 5.82 Å². The van der Waals surface area contributed by atoms with E-state index in [9.17, 15) is 9.18 Å². The lowest BCUT2D eigenvalue weighted by molar-refractivity contribution is -0.116. The minimum atomic E-state index is -0.430. The first-order chi connectivity index (χ1) is 16.0.